The Morgan fingerprint density at radius 1 is 1.43 bits per heavy atom. The van der Waals surface area contributed by atoms with Gasteiger partial charge in [0.05, 0.1) is 12.9 Å². The summed E-state index contributed by atoms with van der Waals surface area (Å²) < 4.78 is 7.54. The number of aliphatic hydroxyl groups is 3. The average Bonchev–Trinajstić information content (AvgIpc) is 2.73. The van der Waals surface area contributed by atoms with Crippen LogP contribution >= 0.6 is 22.6 Å². The maximum absolute atomic E-state index is 10.5. The molecule has 0 bridgehead atoms. The summed E-state index contributed by atoms with van der Waals surface area (Å²) in [6.07, 6.45) is -0.155. The van der Waals surface area contributed by atoms with Crippen molar-refractivity contribution in [3.05, 3.63) is 10.2 Å². The number of fused-ring (bicyclic) bond motifs is 2. The van der Waals surface area contributed by atoms with E-state index in [0.717, 1.165) is 0 Å². The van der Waals surface area contributed by atoms with Gasteiger partial charge in [0.2, 0.25) is 0 Å². The second-order valence-electron chi connectivity index (χ2n) is 5.39. The van der Waals surface area contributed by atoms with E-state index in [1.54, 1.807) is 0 Å². The SMILES string of the molecule is Nc1nc(I)nc2c1ncn2[C@@H]1O[C@H](CO)[C@]2(O)C[C@]12O. The molecule has 1 saturated heterocycles. The minimum Gasteiger partial charge on any atom is -0.394 e. The zero-order valence-electron chi connectivity index (χ0n) is 10.6. The number of rotatable bonds is 2. The lowest BCUT2D eigenvalue weighted by atomic mass is 10.1. The number of anilines is 1. The molecule has 2 aromatic heterocycles. The lowest BCUT2D eigenvalue weighted by Gasteiger charge is -2.20. The third-order valence-electron chi connectivity index (χ3n) is 4.24. The Morgan fingerprint density at radius 3 is 2.86 bits per heavy atom. The van der Waals surface area contributed by atoms with Crippen LogP contribution in [0.5, 0.6) is 0 Å². The van der Waals surface area contributed by atoms with Gasteiger partial charge in [-0.2, -0.15) is 0 Å². The van der Waals surface area contributed by atoms with Crippen LogP contribution in [0.15, 0.2) is 6.33 Å². The summed E-state index contributed by atoms with van der Waals surface area (Å²) in [6, 6.07) is 0. The van der Waals surface area contributed by atoms with E-state index < -0.39 is 23.5 Å². The lowest BCUT2D eigenvalue weighted by Crippen LogP contribution is -2.33. The Kier molecular flexibility index (Phi) is 2.59. The molecule has 10 heteroatoms. The van der Waals surface area contributed by atoms with Crippen LogP contribution in [-0.4, -0.2) is 58.8 Å². The van der Waals surface area contributed by atoms with Gasteiger partial charge >= 0.3 is 0 Å². The Hall–Kier alpha value is -1.08. The highest BCUT2D eigenvalue weighted by molar-refractivity contribution is 14.1. The number of aromatic nitrogens is 4. The summed E-state index contributed by atoms with van der Waals surface area (Å²) in [7, 11) is 0. The van der Waals surface area contributed by atoms with Crippen LogP contribution in [0.2, 0.25) is 0 Å². The number of nitrogens with zero attached hydrogens (tertiary/aromatic N) is 4. The molecule has 4 rings (SSSR count). The van der Waals surface area contributed by atoms with Gasteiger partial charge in [0.15, 0.2) is 21.5 Å². The summed E-state index contributed by atoms with van der Waals surface area (Å²) in [4.78, 5) is 12.4. The lowest BCUT2D eigenvalue weighted by molar-refractivity contribution is -0.0938. The first kappa shape index (κ1) is 13.6. The first-order chi connectivity index (χ1) is 9.90. The molecule has 5 N–H and O–H groups in total. The van der Waals surface area contributed by atoms with Gasteiger partial charge in [0.1, 0.15) is 22.8 Å². The molecular formula is C11H12IN5O4. The number of nitrogens with two attached hydrogens (primary N) is 1. The fourth-order valence-corrected chi connectivity index (χ4v) is 3.50. The normalized spacial score (nSPS) is 37.9. The van der Waals surface area contributed by atoms with Crippen LogP contribution in [0, 0.1) is 3.83 Å². The molecule has 0 aromatic carbocycles. The molecule has 1 saturated carbocycles. The van der Waals surface area contributed by atoms with Crippen molar-refractivity contribution in [3.63, 3.8) is 0 Å². The number of imidazole rings is 1. The number of ether oxygens (including phenoxy) is 1. The van der Waals surface area contributed by atoms with Gasteiger partial charge in [0.25, 0.3) is 0 Å². The predicted molar refractivity (Wildman–Crippen MR) is 78.0 cm³/mol. The van der Waals surface area contributed by atoms with Gasteiger partial charge in [-0.3, -0.25) is 4.57 Å². The molecule has 2 fully saturated rings. The minimum atomic E-state index is -1.46. The van der Waals surface area contributed by atoms with Crippen LogP contribution in [0.4, 0.5) is 5.82 Å². The molecule has 2 aliphatic rings. The van der Waals surface area contributed by atoms with Crippen LogP contribution in [0.3, 0.4) is 0 Å². The molecule has 112 valence electrons. The van der Waals surface area contributed by atoms with Gasteiger partial charge in [-0.05, 0) is 0 Å². The third-order valence-corrected chi connectivity index (χ3v) is 4.72. The fraction of sp³-hybridized carbons (Fsp3) is 0.545. The van der Waals surface area contributed by atoms with Crippen molar-refractivity contribution >= 4 is 39.6 Å². The minimum absolute atomic E-state index is 0.132. The largest absolute Gasteiger partial charge is 0.394 e. The Morgan fingerprint density at radius 2 is 2.19 bits per heavy atom. The molecule has 3 heterocycles. The second-order valence-corrected chi connectivity index (χ2v) is 6.35. The number of hydrogen-bond acceptors (Lipinski definition) is 8. The molecule has 0 unspecified atom stereocenters. The van der Waals surface area contributed by atoms with Crippen molar-refractivity contribution in [2.75, 3.05) is 12.3 Å². The zero-order chi connectivity index (χ0) is 15.0. The first-order valence-corrected chi connectivity index (χ1v) is 7.35. The van der Waals surface area contributed by atoms with E-state index in [1.165, 1.54) is 10.9 Å². The molecule has 0 spiro atoms. The van der Waals surface area contributed by atoms with Crippen LogP contribution in [0.1, 0.15) is 12.6 Å². The highest BCUT2D eigenvalue weighted by Crippen LogP contribution is 2.63. The standard InChI is InChI=1S/C11H12IN5O4/c12-9-15-6(13)5-7(16-9)17(3-14-5)8-11(20)2-10(11,19)4(1-18)21-8/h3-4,8,18-20H,1-2H2,(H2,13,15,16)/t4-,8-,10-,11+/m1/s1. The number of aliphatic hydroxyl groups excluding tert-OH is 1. The molecule has 9 nitrogen and oxygen atoms in total. The quantitative estimate of drug-likeness (QED) is 0.360. The maximum atomic E-state index is 10.5. The molecule has 1 aliphatic heterocycles. The topological polar surface area (TPSA) is 140 Å². The zero-order valence-corrected chi connectivity index (χ0v) is 12.8. The molecule has 2 aromatic rings. The molecule has 0 radical (unpaired) electrons. The number of hydrogen-bond donors (Lipinski definition) is 4. The summed E-state index contributed by atoms with van der Waals surface area (Å²) >= 11 is 1.93. The van der Waals surface area contributed by atoms with Gasteiger partial charge in [-0.1, -0.05) is 0 Å². The first-order valence-electron chi connectivity index (χ1n) is 6.27. The second kappa shape index (κ2) is 4.01. The van der Waals surface area contributed by atoms with Crippen LogP contribution in [-0.2, 0) is 4.74 Å². The van der Waals surface area contributed by atoms with Crippen molar-refractivity contribution in [1.82, 2.24) is 19.5 Å². The van der Waals surface area contributed by atoms with E-state index in [0.29, 0.717) is 15.0 Å². The van der Waals surface area contributed by atoms with Crippen molar-refractivity contribution < 1.29 is 20.1 Å². The molecule has 4 atom stereocenters. The smallest absolute Gasteiger partial charge is 0.194 e. The van der Waals surface area contributed by atoms with Gasteiger partial charge in [-0.15, -0.1) is 0 Å². The summed E-state index contributed by atoms with van der Waals surface area (Å²) in [5.74, 6) is 0.234. The van der Waals surface area contributed by atoms with Gasteiger partial charge in [-0.25, -0.2) is 15.0 Å². The summed E-state index contributed by atoms with van der Waals surface area (Å²) in [6.45, 7) is -0.378. The van der Waals surface area contributed by atoms with Crippen molar-refractivity contribution in [2.24, 2.45) is 0 Å². The van der Waals surface area contributed by atoms with Gasteiger partial charge in [0, 0.05) is 29.0 Å². The van der Waals surface area contributed by atoms with E-state index in [1.807, 2.05) is 22.6 Å². The summed E-state index contributed by atoms with van der Waals surface area (Å²) in [5, 5.41) is 30.1. The summed E-state index contributed by atoms with van der Waals surface area (Å²) in [5.41, 5.74) is 3.72. The van der Waals surface area contributed by atoms with E-state index in [9.17, 15) is 15.3 Å². The number of nitrogen functional groups attached to an aromatic ring is 1. The van der Waals surface area contributed by atoms with E-state index in [-0.39, 0.29) is 18.8 Å². The highest BCUT2D eigenvalue weighted by Gasteiger charge is 2.80. The van der Waals surface area contributed by atoms with Crippen molar-refractivity contribution in [2.45, 2.75) is 30.0 Å². The molecular weight excluding hydrogens is 393 g/mol. The van der Waals surface area contributed by atoms with Crippen molar-refractivity contribution in [1.29, 1.82) is 0 Å². The molecule has 1 aliphatic carbocycles. The number of halogens is 1. The highest BCUT2D eigenvalue weighted by atomic mass is 127. The maximum Gasteiger partial charge on any atom is 0.194 e. The third kappa shape index (κ3) is 1.56. The Balaban J connectivity index is 1.85. The molecule has 0 amide bonds. The monoisotopic (exact) mass is 405 g/mol. The van der Waals surface area contributed by atoms with E-state index in [2.05, 4.69) is 15.0 Å². The van der Waals surface area contributed by atoms with E-state index >= 15 is 0 Å². The predicted octanol–water partition coefficient (Wildman–Crippen LogP) is -1.23. The average molecular weight is 405 g/mol. The Bertz CT molecular complexity index is 754. The van der Waals surface area contributed by atoms with Gasteiger partial charge < -0.3 is 25.8 Å². The fourth-order valence-electron chi connectivity index (χ4n) is 3.01. The van der Waals surface area contributed by atoms with E-state index in [4.69, 9.17) is 10.5 Å². The Labute approximate surface area is 131 Å². The van der Waals surface area contributed by atoms with Crippen LogP contribution in [0.25, 0.3) is 11.2 Å². The van der Waals surface area contributed by atoms with Crippen molar-refractivity contribution in [3.8, 4) is 0 Å². The van der Waals surface area contributed by atoms with Crippen LogP contribution < -0.4 is 5.73 Å². The molecule has 21 heavy (non-hydrogen) atoms.